The number of carbonyl (C=O) groups excluding carboxylic acids is 1. The van der Waals surface area contributed by atoms with Gasteiger partial charge in [0, 0.05) is 29.8 Å². The molecule has 2 aliphatic heterocycles. The minimum Gasteiger partial charge on any atom is -0.486 e. The number of fused-ring (bicyclic) bond motifs is 2. The quantitative estimate of drug-likeness (QED) is 0.356. The predicted molar refractivity (Wildman–Crippen MR) is 144 cm³/mol. The Morgan fingerprint density at radius 3 is 2.49 bits per heavy atom. The standard InChI is InChI=1S/C29H30N4O4/c1-2-11-33(37-18-19-3-8-24(30)9-4-19)29(34)23-14-22-6-5-20(15-25(22)32-28(31)17-23)21-7-10-26-27(16-21)36-13-12-35-26/h3-10,14-16H,2,11-13,17-18,30H2,1H3,(H2,31,32). The van der Waals surface area contributed by atoms with Crippen LogP contribution in [0, 0.1) is 0 Å². The molecule has 2 heterocycles. The molecule has 0 radical (unpaired) electrons. The number of hydrogen-bond acceptors (Lipinski definition) is 7. The van der Waals surface area contributed by atoms with Gasteiger partial charge in [-0.25, -0.2) is 10.1 Å². The molecule has 5 rings (SSSR count). The number of anilines is 1. The zero-order valence-corrected chi connectivity index (χ0v) is 20.8. The summed E-state index contributed by atoms with van der Waals surface area (Å²) in [5, 5.41) is 1.41. The number of hydrogen-bond donors (Lipinski definition) is 2. The molecular formula is C29H30N4O4. The topological polar surface area (TPSA) is 112 Å². The van der Waals surface area contributed by atoms with Crippen molar-refractivity contribution in [3.63, 3.8) is 0 Å². The van der Waals surface area contributed by atoms with E-state index in [0.29, 0.717) is 42.5 Å². The second kappa shape index (κ2) is 10.8. The summed E-state index contributed by atoms with van der Waals surface area (Å²) in [5.41, 5.74) is 17.6. The van der Waals surface area contributed by atoms with Crippen molar-refractivity contribution in [1.82, 2.24) is 5.06 Å². The maximum Gasteiger partial charge on any atom is 0.273 e. The van der Waals surface area contributed by atoms with Crippen molar-refractivity contribution in [2.45, 2.75) is 26.4 Å². The zero-order chi connectivity index (χ0) is 25.8. The van der Waals surface area contributed by atoms with E-state index in [1.54, 1.807) is 0 Å². The SMILES string of the molecule is CCCN(OCc1ccc(N)cc1)C(=O)C1=Cc2ccc(-c3ccc4c(c3)OCCO4)cc2N=C(N)C1. The molecule has 0 saturated heterocycles. The van der Waals surface area contributed by atoms with Gasteiger partial charge in [0.05, 0.1) is 5.69 Å². The lowest BCUT2D eigenvalue weighted by molar-refractivity contribution is -0.187. The average molecular weight is 499 g/mol. The Bertz CT molecular complexity index is 1360. The summed E-state index contributed by atoms with van der Waals surface area (Å²) in [6.45, 7) is 3.80. The van der Waals surface area contributed by atoms with Crippen molar-refractivity contribution in [1.29, 1.82) is 0 Å². The summed E-state index contributed by atoms with van der Waals surface area (Å²) in [7, 11) is 0. The van der Waals surface area contributed by atoms with Gasteiger partial charge in [-0.15, -0.1) is 0 Å². The molecule has 3 aromatic carbocycles. The fourth-order valence-electron chi connectivity index (χ4n) is 4.28. The normalized spacial score (nSPS) is 14.2. The molecule has 0 saturated carbocycles. The van der Waals surface area contributed by atoms with Gasteiger partial charge in [-0.1, -0.05) is 37.3 Å². The second-order valence-electron chi connectivity index (χ2n) is 9.00. The van der Waals surface area contributed by atoms with E-state index in [2.05, 4.69) is 4.99 Å². The van der Waals surface area contributed by atoms with Gasteiger partial charge in [-0.2, -0.15) is 0 Å². The van der Waals surface area contributed by atoms with Crippen LogP contribution in [0.15, 0.2) is 71.2 Å². The first kappa shape index (κ1) is 24.4. The predicted octanol–water partition coefficient (Wildman–Crippen LogP) is 4.85. The highest BCUT2D eigenvalue weighted by Crippen LogP contribution is 2.37. The first-order valence-corrected chi connectivity index (χ1v) is 12.4. The maximum absolute atomic E-state index is 13.5. The van der Waals surface area contributed by atoms with Gasteiger partial charge in [-0.05, 0) is 59.5 Å². The molecule has 8 nitrogen and oxygen atoms in total. The molecule has 1 amide bonds. The van der Waals surface area contributed by atoms with Crippen molar-refractivity contribution in [3.05, 3.63) is 77.4 Å². The summed E-state index contributed by atoms with van der Waals surface area (Å²) in [5.74, 6) is 1.62. The van der Waals surface area contributed by atoms with Crippen LogP contribution in [-0.2, 0) is 16.2 Å². The molecule has 0 fully saturated rings. The van der Waals surface area contributed by atoms with Crippen molar-refractivity contribution >= 4 is 29.2 Å². The Hall–Kier alpha value is -4.30. The third-order valence-corrected chi connectivity index (χ3v) is 6.17. The van der Waals surface area contributed by atoms with E-state index in [4.69, 9.17) is 25.8 Å². The summed E-state index contributed by atoms with van der Waals surface area (Å²) >= 11 is 0. The molecule has 0 atom stereocenters. The smallest absolute Gasteiger partial charge is 0.273 e. The summed E-state index contributed by atoms with van der Waals surface area (Å²) in [6, 6.07) is 19.2. The van der Waals surface area contributed by atoms with Crippen LogP contribution in [0.4, 0.5) is 11.4 Å². The van der Waals surface area contributed by atoms with E-state index in [1.807, 2.05) is 73.7 Å². The Morgan fingerprint density at radius 1 is 0.973 bits per heavy atom. The molecule has 8 heteroatoms. The van der Waals surface area contributed by atoms with E-state index >= 15 is 0 Å². The third kappa shape index (κ3) is 5.59. The lowest BCUT2D eigenvalue weighted by Gasteiger charge is -2.22. The van der Waals surface area contributed by atoms with Crippen LogP contribution in [0.5, 0.6) is 11.5 Å². The number of nitrogens with zero attached hydrogens (tertiary/aromatic N) is 2. The zero-order valence-electron chi connectivity index (χ0n) is 20.8. The lowest BCUT2D eigenvalue weighted by atomic mass is 10.0. The molecule has 4 N–H and O–H groups in total. The summed E-state index contributed by atoms with van der Waals surface area (Å²) in [4.78, 5) is 24.0. The first-order chi connectivity index (χ1) is 18.0. The molecule has 2 aliphatic rings. The van der Waals surface area contributed by atoms with Gasteiger partial charge < -0.3 is 20.9 Å². The van der Waals surface area contributed by atoms with E-state index in [1.165, 1.54) is 5.06 Å². The molecule has 0 bridgehead atoms. The summed E-state index contributed by atoms with van der Waals surface area (Å²) in [6.07, 6.45) is 2.84. The largest absolute Gasteiger partial charge is 0.486 e. The van der Waals surface area contributed by atoms with Crippen molar-refractivity contribution < 1.29 is 19.1 Å². The van der Waals surface area contributed by atoms with Crippen LogP contribution in [0.25, 0.3) is 17.2 Å². The van der Waals surface area contributed by atoms with Gasteiger partial charge in [0.1, 0.15) is 25.7 Å². The van der Waals surface area contributed by atoms with E-state index in [0.717, 1.165) is 40.2 Å². The molecule has 0 spiro atoms. The number of carbonyl (C=O) groups is 1. The first-order valence-electron chi connectivity index (χ1n) is 12.4. The number of nitrogens with two attached hydrogens (primary N) is 2. The molecule has 3 aromatic rings. The lowest BCUT2D eigenvalue weighted by Crippen LogP contribution is -2.34. The highest BCUT2D eigenvalue weighted by Gasteiger charge is 2.23. The van der Waals surface area contributed by atoms with Gasteiger partial charge in [0.15, 0.2) is 11.5 Å². The second-order valence-corrected chi connectivity index (χ2v) is 9.00. The Labute approximate surface area is 216 Å². The molecule has 37 heavy (non-hydrogen) atoms. The van der Waals surface area contributed by atoms with Gasteiger partial charge in [0.2, 0.25) is 0 Å². The number of ether oxygens (including phenoxy) is 2. The van der Waals surface area contributed by atoms with E-state index in [9.17, 15) is 4.79 Å². The number of benzene rings is 3. The number of hydroxylamine groups is 2. The molecule has 0 aliphatic carbocycles. The highest BCUT2D eigenvalue weighted by atomic mass is 16.7. The van der Waals surface area contributed by atoms with Crippen LogP contribution in [-0.4, -0.2) is 36.6 Å². The van der Waals surface area contributed by atoms with Gasteiger partial charge >= 0.3 is 0 Å². The van der Waals surface area contributed by atoms with Crippen molar-refractivity contribution in [2.75, 3.05) is 25.5 Å². The highest BCUT2D eigenvalue weighted by molar-refractivity contribution is 6.05. The van der Waals surface area contributed by atoms with Crippen LogP contribution in [0.2, 0.25) is 0 Å². The third-order valence-electron chi connectivity index (χ3n) is 6.17. The number of amides is 1. The molecule has 0 aromatic heterocycles. The number of aliphatic imine (C=N–C) groups is 1. The van der Waals surface area contributed by atoms with Crippen molar-refractivity contribution in [3.8, 4) is 22.6 Å². The maximum atomic E-state index is 13.5. The van der Waals surface area contributed by atoms with E-state index in [-0.39, 0.29) is 18.9 Å². The number of amidine groups is 1. The number of rotatable bonds is 7. The van der Waals surface area contributed by atoms with Gasteiger partial charge in [-0.3, -0.25) is 9.63 Å². The van der Waals surface area contributed by atoms with E-state index < -0.39 is 0 Å². The van der Waals surface area contributed by atoms with Crippen LogP contribution in [0.3, 0.4) is 0 Å². The summed E-state index contributed by atoms with van der Waals surface area (Å²) < 4.78 is 11.4. The Kier molecular flexibility index (Phi) is 7.09. The average Bonchev–Trinajstić information content (AvgIpc) is 3.08. The van der Waals surface area contributed by atoms with Gasteiger partial charge in [0.25, 0.3) is 5.91 Å². The minimum atomic E-state index is -0.223. The van der Waals surface area contributed by atoms with Crippen LogP contribution >= 0.6 is 0 Å². The van der Waals surface area contributed by atoms with Crippen LogP contribution in [0.1, 0.15) is 30.9 Å². The van der Waals surface area contributed by atoms with Crippen molar-refractivity contribution in [2.24, 2.45) is 10.7 Å². The number of nitrogen functional groups attached to an aromatic ring is 1. The molecule has 190 valence electrons. The monoisotopic (exact) mass is 498 g/mol. The van der Waals surface area contributed by atoms with Crippen LogP contribution < -0.4 is 20.9 Å². The Morgan fingerprint density at radius 2 is 1.70 bits per heavy atom. The fraction of sp³-hybridized carbons (Fsp3) is 0.241. The molecule has 0 unspecified atom stereocenters. The molecular weight excluding hydrogens is 468 g/mol. The Balaban J connectivity index is 1.38. The fourth-order valence-corrected chi connectivity index (χ4v) is 4.28. The minimum absolute atomic E-state index is 0.223.